The van der Waals surface area contributed by atoms with Crippen LogP contribution in [0, 0.1) is 11.8 Å². The average molecular weight is 1430 g/mol. The molecule has 0 saturated heterocycles. The number of allylic oxidation sites excluding steroid dienone is 4. The van der Waals surface area contributed by atoms with Crippen molar-refractivity contribution in [2.75, 3.05) is 39.6 Å². The Bertz CT molecular complexity index is 1990. The van der Waals surface area contributed by atoms with Crippen LogP contribution < -0.4 is 0 Å². The molecule has 0 radical (unpaired) electrons. The normalized spacial score (nSPS) is 14.7. The molecule has 0 rings (SSSR count). The Morgan fingerprint density at radius 2 is 0.571 bits per heavy atom. The monoisotopic (exact) mass is 1430 g/mol. The molecule has 0 aliphatic heterocycles. The zero-order valence-electron chi connectivity index (χ0n) is 63.6. The van der Waals surface area contributed by atoms with Crippen LogP contribution in [0.2, 0.25) is 0 Å². The molecule has 0 bridgehead atoms. The number of phosphoric ester groups is 2. The summed E-state index contributed by atoms with van der Waals surface area (Å²) in [6.45, 7) is 9.58. The molecule has 0 aliphatic carbocycles. The summed E-state index contributed by atoms with van der Waals surface area (Å²) < 4.78 is 68.6. The van der Waals surface area contributed by atoms with Gasteiger partial charge in [-0.25, -0.2) is 9.13 Å². The standard InChI is InChI=1S/C79H150O17P2/c1-7-11-13-15-17-19-21-23-25-26-28-30-32-37-45-51-57-63-78(83)95-74(67-89-76(81)61-55-49-43-36-31-29-27-24-22-20-18-16-14-12-8-2)69-93-97(85,86)91-65-73(80)66-92-98(87,88)94-70-75(68-90-77(82)62-56-50-44-40-39-42-48-54-60-72(6)10-4)96-79(84)64-58-52-46-38-34-33-35-41-47-53-59-71(5)9-3/h20,22,24,27,71-75,80H,7-19,21,23,25-26,28-70H2,1-6H3,(H,85,86)(H,87,88)/b22-20-,27-24-/t71?,72?,73-,74-,75-/m1/s1. The highest BCUT2D eigenvalue weighted by atomic mass is 31.2. The van der Waals surface area contributed by atoms with E-state index in [2.05, 4.69) is 65.8 Å². The third-order valence-corrected chi connectivity index (χ3v) is 20.5. The van der Waals surface area contributed by atoms with Crippen LogP contribution in [0.15, 0.2) is 24.3 Å². The molecule has 0 aliphatic rings. The van der Waals surface area contributed by atoms with Crippen LogP contribution in [0.3, 0.4) is 0 Å². The number of hydrogen-bond donors (Lipinski definition) is 3. The predicted octanol–water partition coefficient (Wildman–Crippen LogP) is 23.1. The van der Waals surface area contributed by atoms with Gasteiger partial charge in [0.1, 0.15) is 19.3 Å². The van der Waals surface area contributed by atoms with E-state index in [-0.39, 0.29) is 25.7 Å². The Kier molecular flexibility index (Phi) is 68.5. The van der Waals surface area contributed by atoms with Gasteiger partial charge in [-0.2, -0.15) is 0 Å². The van der Waals surface area contributed by atoms with Crippen LogP contribution in [0.5, 0.6) is 0 Å². The minimum atomic E-state index is -4.97. The molecule has 0 heterocycles. The lowest BCUT2D eigenvalue weighted by Gasteiger charge is -2.21. The first-order chi connectivity index (χ1) is 47.4. The maximum absolute atomic E-state index is 13.1. The highest BCUT2D eigenvalue weighted by Gasteiger charge is 2.30. The van der Waals surface area contributed by atoms with E-state index in [1.165, 1.54) is 186 Å². The summed E-state index contributed by atoms with van der Waals surface area (Å²) in [5.41, 5.74) is 0. The van der Waals surface area contributed by atoms with Gasteiger partial charge in [0.2, 0.25) is 0 Å². The lowest BCUT2D eigenvalue weighted by molar-refractivity contribution is -0.161. The van der Waals surface area contributed by atoms with E-state index in [4.69, 9.17) is 37.0 Å². The first-order valence-electron chi connectivity index (χ1n) is 40.4. The molecule has 17 nitrogen and oxygen atoms in total. The molecule has 0 saturated carbocycles. The Hall–Kier alpha value is -2.46. The SMILES string of the molecule is CCCCCC/C=C\C=C/CCCCCCCC(=O)OC[C@H](COP(=O)(O)OC[C@@H](O)COP(=O)(O)OC[C@@H](COC(=O)CCCCCCCCCCC(C)CC)OC(=O)CCCCCCCCCCCCC(C)CC)OC(=O)CCCCCCCCCCCCCCCCCCC. The molecule has 19 heteroatoms. The summed E-state index contributed by atoms with van der Waals surface area (Å²) >= 11 is 0. The maximum Gasteiger partial charge on any atom is 0.472 e. The van der Waals surface area contributed by atoms with Crippen LogP contribution >= 0.6 is 15.6 Å². The summed E-state index contributed by atoms with van der Waals surface area (Å²) in [5, 5.41) is 10.6. The third-order valence-electron chi connectivity index (χ3n) is 18.6. The second-order valence-corrected chi connectivity index (χ2v) is 31.2. The number of ether oxygens (including phenoxy) is 4. The second-order valence-electron chi connectivity index (χ2n) is 28.3. The van der Waals surface area contributed by atoms with Gasteiger partial charge in [-0.1, -0.05) is 336 Å². The zero-order chi connectivity index (χ0) is 72.1. The van der Waals surface area contributed by atoms with Crippen molar-refractivity contribution >= 4 is 39.5 Å². The van der Waals surface area contributed by atoms with Gasteiger partial charge in [-0.15, -0.1) is 0 Å². The van der Waals surface area contributed by atoms with E-state index in [0.29, 0.717) is 25.7 Å². The topological polar surface area (TPSA) is 237 Å². The number of phosphoric acid groups is 2. The largest absolute Gasteiger partial charge is 0.472 e. The van der Waals surface area contributed by atoms with Crippen LogP contribution in [0.1, 0.15) is 388 Å². The summed E-state index contributed by atoms with van der Waals surface area (Å²) in [7, 11) is -9.93. The molecular weight excluding hydrogens is 1280 g/mol. The number of carbonyl (C=O) groups excluding carboxylic acids is 4. The van der Waals surface area contributed by atoms with Crippen molar-refractivity contribution in [3.8, 4) is 0 Å². The number of aliphatic hydroxyl groups excluding tert-OH is 1. The summed E-state index contributed by atoms with van der Waals surface area (Å²) in [4.78, 5) is 73.0. The minimum absolute atomic E-state index is 0.101. The van der Waals surface area contributed by atoms with Crippen LogP contribution in [-0.4, -0.2) is 96.7 Å². The van der Waals surface area contributed by atoms with Crippen LogP contribution in [0.4, 0.5) is 0 Å². The van der Waals surface area contributed by atoms with Crippen molar-refractivity contribution in [2.24, 2.45) is 11.8 Å². The lowest BCUT2D eigenvalue weighted by atomic mass is 9.99. The van der Waals surface area contributed by atoms with Crippen molar-refractivity contribution in [2.45, 2.75) is 407 Å². The number of rotatable bonds is 76. The fourth-order valence-corrected chi connectivity index (χ4v) is 13.2. The summed E-state index contributed by atoms with van der Waals surface area (Å²) in [6, 6.07) is 0. The number of hydrogen-bond acceptors (Lipinski definition) is 15. The molecule has 4 unspecified atom stereocenters. The van der Waals surface area contributed by atoms with Crippen molar-refractivity contribution < 1.29 is 80.2 Å². The average Bonchev–Trinajstić information content (AvgIpc) is 1.19. The van der Waals surface area contributed by atoms with E-state index < -0.39 is 97.5 Å². The third kappa shape index (κ3) is 69.3. The van der Waals surface area contributed by atoms with E-state index in [0.717, 1.165) is 121 Å². The van der Waals surface area contributed by atoms with Gasteiger partial charge in [0, 0.05) is 25.7 Å². The van der Waals surface area contributed by atoms with Crippen molar-refractivity contribution in [3.63, 3.8) is 0 Å². The zero-order valence-corrected chi connectivity index (χ0v) is 65.4. The van der Waals surface area contributed by atoms with Gasteiger partial charge < -0.3 is 33.8 Å². The second kappa shape index (κ2) is 70.2. The molecule has 0 aromatic heterocycles. The molecular formula is C79H150O17P2. The van der Waals surface area contributed by atoms with Crippen molar-refractivity contribution in [1.82, 2.24) is 0 Å². The number of aliphatic hydroxyl groups is 1. The molecule has 0 aromatic carbocycles. The van der Waals surface area contributed by atoms with E-state index in [9.17, 15) is 43.2 Å². The number of unbranched alkanes of at least 4 members (excludes halogenated alkanes) is 41. The quantitative estimate of drug-likeness (QED) is 0.0169. The molecule has 3 N–H and O–H groups in total. The molecule has 0 fully saturated rings. The maximum atomic E-state index is 13.1. The van der Waals surface area contributed by atoms with E-state index in [1.807, 2.05) is 0 Å². The van der Waals surface area contributed by atoms with Crippen molar-refractivity contribution in [1.29, 1.82) is 0 Å². The van der Waals surface area contributed by atoms with Gasteiger partial charge >= 0.3 is 39.5 Å². The van der Waals surface area contributed by atoms with Gasteiger partial charge in [0.05, 0.1) is 26.4 Å². The van der Waals surface area contributed by atoms with Gasteiger partial charge in [0.25, 0.3) is 0 Å². The number of esters is 4. The first kappa shape index (κ1) is 95.5. The summed E-state index contributed by atoms with van der Waals surface area (Å²) in [6.07, 6.45) is 61.6. The fraction of sp³-hybridized carbons (Fsp3) is 0.899. The minimum Gasteiger partial charge on any atom is -0.462 e. The van der Waals surface area contributed by atoms with Crippen LogP contribution in [-0.2, 0) is 65.4 Å². The smallest absolute Gasteiger partial charge is 0.462 e. The Morgan fingerprint density at radius 1 is 0.327 bits per heavy atom. The van der Waals surface area contributed by atoms with Gasteiger partial charge in [-0.05, 0) is 63.2 Å². The predicted molar refractivity (Wildman–Crippen MR) is 400 cm³/mol. The first-order valence-corrected chi connectivity index (χ1v) is 43.4. The Morgan fingerprint density at radius 3 is 0.867 bits per heavy atom. The highest BCUT2D eigenvalue weighted by molar-refractivity contribution is 7.47. The highest BCUT2D eigenvalue weighted by Crippen LogP contribution is 2.45. The number of carbonyl (C=O) groups is 4. The molecule has 7 atom stereocenters. The van der Waals surface area contributed by atoms with Crippen molar-refractivity contribution in [3.05, 3.63) is 24.3 Å². The summed E-state index contributed by atoms with van der Waals surface area (Å²) in [5.74, 6) is -0.564. The van der Waals surface area contributed by atoms with E-state index in [1.54, 1.807) is 0 Å². The fourth-order valence-electron chi connectivity index (χ4n) is 11.6. The Labute approximate surface area is 599 Å². The van der Waals surface area contributed by atoms with Gasteiger partial charge in [-0.3, -0.25) is 37.3 Å². The van der Waals surface area contributed by atoms with Gasteiger partial charge in [0.15, 0.2) is 12.2 Å². The van der Waals surface area contributed by atoms with Crippen LogP contribution in [0.25, 0.3) is 0 Å². The Balaban J connectivity index is 5.31. The lowest BCUT2D eigenvalue weighted by Crippen LogP contribution is -2.30. The molecule has 0 aromatic rings. The molecule has 0 spiro atoms. The molecule has 578 valence electrons. The molecule has 0 amide bonds. The molecule has 98 heavy (non-hydrogen) atoms. The van der Waals surface area contributed by atoms with E-state index >= 15 is 0 Å².